The maximum absolute atomic E-state index is 12.1. The first-order valence-corrected chi connectivity index (χ1v) is 9.19. The van der Waals surface area contributed by atoms with Crippen molar-refractivity contribution in [3.63, 3.8) is 0 Å². The Morgan fingerprint density at radius 3 is 2.26 bits per heavy atom. The molecule has 1 N–H and O–H groups in total. The third-order valence-corrected chi connectivity index (χ3v) is 6.25. The molecule has 0 spiro atoms. The first-order valence-electron chi connectivity index (χ1n) is 8.07. The zero-order chi connectivity index (χ0) is 13.6. The number of carbonyl (C=O) groups is 1. The van der Waals surface area contributed by atoms with Crippen LogP contribution in [0.3, 0.4) is 0 Å². The van der Waals surface area contributed by atoms with Crippen LogP contribution < -0.4 is 5.32 Å². The predicted octanol–water partition coefficient (Wildman–Crippen LogP) is 4.42. The molecule has 3 heteroatoms. The minimum Gasteiger partial charge on any atom is -0.356 e. The van der Waals surface area contributed by atoms with Crippen molar-refractivity contribution in [2.75, 3.05) is 11.9 Å². The van der Waals surface area contributed by atoms with Gasteiger partial charge >= 0.3 is 0 Å². The summed E-state index contributed by atoms with van der Waals surface area (Å²) in [4.78, 5) is 12.1. The van der Waals surface area contributed by atoms with E-state index in [1.165, 1.54) is 64.2 Å². The fraction of sp³-hybridized carbons (Fsp3) is 0.938. The monoisotopic (exact) mass is 329 g/mol. The van der Waals surface area contributed by atoms with Crippen molar-refractivity contribution in [1.82, 2.24) is 5.32 Å². The lowest BCUT2D eigenvalue weighted by molar-refractivity contribution is -0.122. The Hall–Kier alpha value is -0.0500. The molecule has 2 saturated carbocycles. The third-order valence-electron chi connectivity index (χ3n) is 5.06. The average Bonchev–Trinajstić information content (AvgIpc) is 2.75. The number of alkyl halides is 1. The van der Waals surface area contributed by atoms with Crippen LogP contribution in [-0.4, -0.2) is 17.8 Å². The van der Waals surface area contributed by atoms with Crippen molar-refractivity contribution in [3.8, 4) is 0 Å². The first-order chi connectivity index (χ1) is 9.24. The lowest BCUT2D eigenvalue weighted by atomic mass is 9.88. The molecule has 1 amide bonds. The van der Waals surface area contributed by atoms with E-state index in [4.69, 9.17) is 0 Å². The number of amides is 1. The van der Waals surface area contributed by atoms with Crippen LogP contribution in [-0.2, 0) is 4.79 Å². The van der Waals surface area contributed by atoms with Crippen molar-refractivity contribution < 1.29 is 4.79 Å². The van der Waals surface area contributed by atoms with Gasteiger partial charge in [-0.3, -0.25) is 4.79 Å². The predicted molar refractivity (Wildman–Crippen MR) is 83.5 cm³/mol. The van der Waals surface area contributed by atoms with Gasteiger partial charge in [0.25, 0.3) is 0 Å². The highest BCUT2D eigenvalue weighted by molar-refractivity contribution is 9.09. The highest BCUT2D eigenvalue weighted by Gasteiger charge is 2.33. The van der Waals surface area contributed by atoms with Crippen LogP contribution >= 0.6 is 15.9 Å². The third kappa shape index (κ3) is 4.77. The van der Waals surface area contributed by atoms with E-state index in [1.54, 1.807) is 0 Å². The van der Waals surface area contributed by atoms with Crippen molar-refractivity contribution in [2.24, 2.45) is 11.3 Å². The Morgan fingerprint density at radius 1 is 1.05 bits per heavy atom. The van der Waals surface area contributed by atoms with Crippen LogP contribution in [0.5, 0.6) is 0 Å². The SMILES string of the molecule is O=C(CC1CCCCCC1)NCC1(CBr)CCCC1. The molecule has 0 aliphatic heterocycles. The van der Waals surface area contributed by atoms with Crippen LogP contribution in [0.25, 0.3) is 0 Å². The molecule has 2 rings (SSSR count). The molecule has 19 heavy (non-hydrogen) atoms. The number of hydrogen-bond donors (Lipinski definition) is 1. The van der Waals surface area contributed by atoms with Gasteiger partial charge in [0.05, 0.1) is 0 Å². The summed E-state index contributed by atoms with van der Waals surface area (Å²) >= 11 is 3.64. The second kappa shape index (κ2) is 7.66. The van der Waals surface area contributed by atoms with Crippen molar-refractivity contribution >= 4 is 21.8 Å². The number of hydrogen-bond acceptors (Lipinski definition) is 1. The van der Waals surface area contributed by atoms with E-state index in [1.807, 2.05) is 0 Å². The zero-order valence-corrected chi connectivity index (χ0v) is 13.6. The molecule has 110 valence electrons. The summed E-state index contributed by atoms with van der Waals surface area (Å²) in [6.07, 6.45) is 13.8. The maximum atomic E-state index is 12.1. The first kappa shape index (κ1) is 15.3. The summed E-state index contributed by atoms with van der Waals surface area (Å²) in [6.45, 7) is 0.879. The maximum Gasteiger partial charge on any atom is 0.220 e. The summed E-state index contributed by atoms with van der Waals surface area (Å²) < 4.78 is 0. The normalized spacial score (nSPS) is 24.1. The lowest BCUT2D eigenvalue weighted by Crippen LogP contribution is -2.37. The van der Waals surface area contributed by atoms with Gasteiger partial charge in [0.15, 0.2) is 0 Å². The largest absolute Gasteiger partial charge is 0.356 e. The Balaban J connectivity index is 1.71. The molecule has 0 saturated heterocycles. The van der Waals surface area contributed by atoms with Gasteiger partial charge in [-0.25, -0.2) is 0 Å². The quantitative estimate of drug-likeness (QED) is 0.587. The minimum atomic E-state index is 0.291. The van der Waals surface area contributed by atoms with Crippen LogP contribution in [0.4, 0.5) is 0 Å². The van der Waals surface area contributed by atoms with E-state index in [-0.39, 0.29) is 0 Å². The lowest BCUT2D eigenvalue weighted by Gasteiger charge is -2.27. The molecule has 0 aromatic heterocycles. The summed E-state index contributed by atoms with van der Waals surface area (Å²) in [5, 5.41) is 4.25. The second-order valence-electron chi connectivity index (χ2n) is 6.68. The Bertz CT molecular complexity index is 278. The van der Waals surface area contributed by atoms with Crippen LogP contribution in [0.15, 0.2) is 0 Å². The van der Waals surface area contributed by atoms with E-state index >= 15 is 0 Å². The van der Waals surface area contributed by atoms with Gasteiger partial charge in [-0.15, -0.1) is 0 Å². The van der Waals surface area contributed by atoms with Gasteiger partial charge in [-0.05, 0) is 37.0 Å². The van der Waals surface area contributed by atoms with Crippen LogP contribution in [0.2, 0.25) is 0 Å². The van der Waals surface area contributed by atoms with Gasteiger partial charge in [0.2, 0.25) is 5.91 Å². The standard InChI is InChI=1S/C16H28BrNO/c17-12-16(9-5-6-10-16)13-18-15(19)11-14-7-3-1-2-4-8-14/h14H,1-13H2,(H,18,19). The van der Waals surface area contributed by atoms with Crippen molar-refractivity contribution in [3.05, 3.63) is 0 Å². The summed E-state index contributed by atoms with van der Waals surface area (Å²) in [5.74, 6) is 0.935. The smallest absolute Gasteiger partial charge is 0.220 e. The van der Waals surface area contributed by atoms with Crippen LogP contribution in [0.1, 0.15) is 70.6 Å². The summed E-state index contributed by atoms with van der Waals surface area (Å²) in [6, 6.07) is 0. The fourth-order valence-corrected chi connectivity index (χ4v) is 4.43. The molecule has 2 aliphatic carbocycles. The molecule has 0 aromatic rings. The molecule has 0 atom stereocenters. The number of halogens is 1. The van der Waals surface area contributed by atoms with E-state index < -0.39 is 0 Å². The minimum absolute atomic E-state index is 0.291. The molecule has 2 aliphatic rings. The van der Waals surface area contributed by atoms with Crippen molar-refractivity contribution in [2.45, 2.75) is 70.6 Å². The highest BCUT2D eigenvalue weighted by Crippen LogP contribution is 2.39. The topological polar surface area (TPSA) is 29.1 Å². The van der Waals surface area contributed by atoms with Crippen LogP contribution in [0, 0.1) is 11.3 Å². The average molecular weight is 330 g/mol. The molecule has 0 radical (unpaired) electrons. The van der Waals surface area contributed by atoms with Gasteiger partial charge < -0.3 is 5.32 Å². The Morgan fingerprint density at radius 2 is 1.68 bits per heavy atom. The molecular formula is C16H28BrNO. The molecule has 0 unspecified atom stereocenters. The van der Waals surface area contributed by atoms with E-state index in [9.17, 15) is 4.79 Å². The van der Waals surface area contributed by atoms with Gasteiger partial charge in [0, 0.05) is 18.3 Å². The van der Waals surface area contributed by atoms with Crippen molar-refractivity contribution in [1.29, 1.82) is 0 Å². The Labute approximate surface area is 126 Å². The van der Waals surface area contributed by atoms with Gasteiger partial charge in [0.1, 0.15) is 0 Å². The summed E-state index contributed by atoms with van der Waals surface area (Å²) in [7, 11) is 0. The number of carbonyl (C=O) groups excluding carboxylic acids is 1. The van der Waals surface area contributed by atoms with E-state index in [0.717, 1.165) is 18.3 Å². The molecule has 2 nitrogen and oxygen atoms in total. The molecule has 0 bridgehead atoms. The Kier molecular flexibility index (Phi) is 6.18. The second-order valence-corrected chi connectivity index (χ2v) is 7.24. The highest BCUT2D eigenvalue weighted by atomic mass is 79.9. The molecular weight excluding hydrogens is 302 g/mol. The van der Waals surface area contributed by atoms with E-state index in [2.05, 4.69) is 21.2 Å². The fourth-order valence-electron chi connectivity index (χ4n) is 3.67. The van der Waals surface area contributed by atoms with Gasteiger partial charge in [-0.2, -0.15) is 0 Å². The molecule has 0 aromatic carbocycles. The summed E-state index contributed by atoms with van der Waals surface area (Å²) in [5.41, 5.74) is 0.346. The number of nitrogens with one attached hydrogen (secondary N) is 1. The van der Waals surface area contributed by atoms with Gasteiger partial charge in [-0.1, -0.05) is 54.5 Å². The number of rotatable bonds is 5. The molecule has 2 fully saturated rings. The molecule has 0 heterocycles. The zero-order valence-electron chi connectivity index (χ0n) is 12.1. The van der Waals surface area contributed by atoms with E-state index in [0.29, 0.717) is 17.2 Å².